The number of ether oxygens (including phenoxy) is 1. The molecule has 2 aromatic carbocycles. The number of benzene rings is 2. The first-order valence-corrected chi connectivity index (χ1v) is 9.66. The molecule has 0 aliphatic carbocycles. The fourth-order valence-corrected chi connectivity index (χ4v) is 2.81. The van der Waals surface area contributed by atoms with Crippen molar-refractivity contribution in [2.24, 2.45) is 0 Å². The number of rotatable bonds is 9. The molecule has 0 spiro atoms. The van der Waals surface area contributed by atoms with Crippen LogP contribution in [0.15, 0.2) is 54.9 Å². The summed E-state index contributed by atoms with van der Waals surface area (Å²) in [6.45, 7) is 4.80. The van der Waals surface area contributed by atoms with Gasteiger partial charge in [-0.2, -0.15) is 0 Å². The third-order valence-corrected chi connectivity index (χ3v) is 4.35. The number of nitrogens with zero attached hydrogens (tertiary/aromatic N) is 2. The highest BCUT2D eigenvalue weighted by Gasteiger charge is 2.09. The Morgan fingerprint density at radius 1 is 0.857 bits per heavy atom. The average molecular weight is 377 g/mol. The Balaban J connectivity index is 1.70. The molecular formula is C22H27N5O. The van der Waals surface area contributed by atoms with Crippen molar-refractivity contribution in [3.8, 4) is 5.75 Å². The normalized spacial score (nSPS) is 10.5. The SMILES string of the molecule is CCCCc1ccc(Nc2ncnc(Nc3ccc(OCC)cc3)c2N)cc1. The maximum atomic E-state index is 6.28. The highest BCUT2D eigenvalue weighted by molar-refractivity contribution is 5.80. The first kappa shape index (κ1) is 19.5. The molecule has 28 heavy (non-hydrogen) atoms. The van der Waals surface area contributed by atoms with Crippen molar-refractivity contribution in [2.75, 3.05) is 23.0 Å². The van der Waals surface area contributed by atoms with Crippen molar-refractivity contribution in [2.45, 2.75) is 33.1 Å². The molecule has 3 aromatic rings. The van der Waals surface area contributed by atoms with Crippen molar-refractivity contribution in [3.63, 3.8) is 0 Å². The van der Waals surface area contributed by atoms with E-state index in [4.69, 9.17) is 10.5 Å². The molecule has 0 fully saturated rings. The van der Waals surface area contributed by atoms with Crippen LogP contribution in [-0.4, -0.2) is 16.6 Å². The summed E-state index contributed by atoms with van der Waals surface area (Å²) < 4.78 is 5.46. The summed E-state index contributed by atoms with van der Waals surface area (Å²) in [5.74, 6) is 1.96. The lowest BCUT2D eigenvalue weighted by Crippen LogP contribution is -2.05. The molecule has 3 rings (SSSR count). The molecule has 6 nitrogen and oxygen atoms in total. The van der Waals surface area contributed by atoms with Crippen molar-refractivity contribution in [1.29, 1.82) is 0 Å². The molecule has 0 saturated heterocycles. The molecule has 1 heterocycles. The van der Waals surface area contributed by atoms with Crippen molar-refractivity contribution < 1.29 is 4.74 Å². The fourth-order valence-electron chi connectivity index (χ4n) is 2.81. The molecule has 0 radical (unpaired) electrons. The zero-order valence-electron chi connectivity index (χ0n) is 16.4. The van der Waals surface area contributed by atoms with Gasteiger partial charge >= 0.3 is 0 Å². The Kier molecular flexibility index (Phi) is 6.68. The van der Waals surface area contributed by atoms with E-state index in [2.05, 4.69) is 39.7 Å². The largest absolute Gasteiger partial charge is 0.494 e. The highest BCUT2D eigenvalue weighted by atomic mass is 16.5. The van der Waals surface area contributed by atoms with Crippen LogP contribution in [0.4, 0.5) is 28.7 Å². The van der Waals surface area contributed by atoms with Crippen molar-refractivity contribution >= 4 is 28.7 Å². The van der Waals surface area contributed by atoms with E-state index in [9.17, 15) is 0 Å². The molecular weight excluding hydrogens is 350 g/mol. The standard InChI is InChI=1S/C22H27N5O/c1-3-5-6-16-7-9-17(10-8-16)26-21-20(23)22(25-15-24-21)27-18-11-13-19(14-12-18)28-4-2/h7-15H,3-6,23H2,1-2H3,(H2,24,25,26,27). The minimum absolute atomic E-state index is 0.464. The summed E-state index contributed by atoms with van der Waals surface area (Å²) >= 11 is 0. The van der Waals surface area contributed by atoms with Crippen LogP contribution < -0.4 is 21.1 Å². The Morgan fingerprint density at radius 3 is 1.96 bits per heavy atom. The van der Waals surface area contributed by atoms with Crippen LogP contribution in [0.3, 0.4) is 0 Å². The lowest BCUT2D eigenvalue weighted by atomic mass is 10.1. The summed E-state index contributed by atoms with van der Waals surface area (Å²) in [5, 5.41) is 6.50. The van der Waals surface area contributed by atoms with Gasteiger partial charge in [0.15, 0.2) is 11.6 Å². The predicted molar refractivity (Wildman–Crippen MR) is 116 cm³/mol. The molecule has 0 aliphatic heterocycles. The summed E-state index contributed by atoms with van der Waals surface area (Å²) in [5.41, 5.74) is 9.89. The monoisotopic (exact) mass is 377 g/mol. The van der Waals surface area contributed by atoms with Gasteiger partial charge in [-0.3, -0.25) is 0 Å². The van der Waals surface area contributed by atoms with Crippen molar-refractivity contribution in [3.05, 3.63) is 60.4 Å². The molecule has 1 aromatic heterocycles. The van der Waals surface area contributed by atoms with E-state index in [1.807, 2.05) is 43.3 Å². The van der Waals surface area contributed by atoms with E-state index in [1.54, 1.807) is 0 Å². The maximum Gasteiger partial charge on any atom is 0.159 e. The molecule has 6 heteroatoms. The van der Waals surface area contributed by atoms with Gasteiger partial charge in [-0.25, -0.2) is 9.97 Å². The Hall–Kier alpha value is -3.28. The zero-order valence-corrected chi connectivity index (χ0v) is 16.4. The highest BCUT2D eigenvalue weighted by Crippen LogP contribution is 2.28. The number of hydrogen-bond donors (Lipinski definition) is 3. The summed E-state index contributed by atoms with van der Waals surface area (Å²) in [6.07, 6.45) is 4.99. The van der Waals surface area contributed by atoms with Gasteiger partial charge in [-0.15, -0.1) is 0 Å². The Morgan fingerprint density at radius 2 is 1.43 bits per heavy atom. The van der Waals surface area contributed by atoms with E-state index < -0.39 is 0 Å². The van der Waals surface area contributed by atoms with Gasteiger partial charge in [0.05, 0.1) is 6.61 Å². The number of aryl methyl sites for hydroxylation is 1. The molecule has 0 bridgehead atoms. The van der Waals surface area contributed by atoms with Crippen LogP contribution in [0.1, 0.15) is 32.3 Å². The number of anilines is 5. The first-order chi connectivity index (χ1) is 13.7. The predicted octanol–water partition coefficient (Wildman–Crippen LogP) is 5.29. The number of aromatic nitrogens is 2. The average Bonchev–Trinajstić information content (AvgIpc) is 2.72. The second kappa shape index (κ2) is 9.60. The van der Waals surface area contributed by atoms with Gasteiger partial charge in [0.1, 0.15) is 17.8 Å². The number of unbranched alkanes of at least 4 members (excludes halogenated alkanes) is 1. The van der Waals surface area contributed by atoms with Crippen LogP contribution >= 0.6 is 0 Å². The summed E-state index contributed by atoms with van der Waals surface area (Å²) in [7, 11) is 0. The summed E-state index contributed by atoms with van der Waals surface area (Å²) in [6, 6.07) is 16.0. The zero-order chi connectivity index (χ0) is 19.8. The van der Waals surface area contributed by atoms with Gasteiger partial charge in [0.2, 0.25) is 0 Å². The van der Waals surface area contributed by atoms with Crippen LogP contribution in [0, 0.1) is 0 Å². The second-order valence-electron chi connectivity index (χ2n) is 6.49. The topological polar surface area (TPSA) is 85.1 Å². The van der Waals surface area contributed by atoms with Gasteiger partial charge < -0.3 is 21.1 Å². The smallest absolute Gasteiger partial charge is 0.159 e. The van der Waals surface area contributed by atoms with E-state index >= 15 is 0 Å². The third kappa shape index (κ3) is 5.13. The third-order valence-electron chi connectivity index (χ3n) is 4.35. The van der Waals surface area contributed by atoms with E-state index in [0.29, 0.717) is 23.9 Å². The quantitative estimate of drug-likeness (QED) is 0.470. The second-order valence-corrected chi connectivity index (χ2v) is 6.49. The van der Waals surface area contributed by atoms with Gasteiger partial charge in [0.25, 0.3) is 0 Å². The number of nitrogens with one attached hydrogen (secondary N) is 2. The van der Waals surface area contributed by atoms with Crippen LogP contribution in [0.2, 0.25) is 0 Å². The lowest BCUT2D eigenvalue weighted by molar-refractivity contribution is 0.340. The van der Waals surface area contributed by atoms with E-state index in [0.717, 1.165) is 23.5 Å². The molecule has 4 N–H and O–H groups in total. The number of nitrogen functional groups attached to an aromatic ring is 1. The Bertz CT molecular complexity index is 878. The molecule has 0 atom stereocenters. The fraction of sp³-hybridized carbons (Fsp3) is 0.273. The molecule has 0 amide bonds. The first-order valence-electron chi connectivity index (χ1n) is 9.66. The molecule has 0 saturated carbocycles. The maximum absolute atomic E-state index is 6.28. The molecule has 146 valence electrons. The minimum atomic E-state index is 0.464. The van der Waals surface area contributed by atoms with Gasteiger partial charge in [-0.1, -0.05) is 25.5 Å². The minimum Gasteiger partial charge on any atom is -0.494 e. The number of hydrogen-bond acceptors (Lipinski definition) is 6. The van der Waals surface area contributed by atoms with Crippen LogP contribution in [-0.2, 0) is 6.42 Å². The molecule has 0 aliphatic rings. The number of nitrogens with two attached hydrogens (primary N) is 1. The van der Waals surface area contributed by atoms with Gasteiger partial charge in [-0.05, 0) is 61.7 Å². The van der Waals surface area contributed by atoms with Gasteiger partial charge in [0, 0.05) is 11.4 Å². The summed E-state index contributed by atoms with van der Waals surface area (Å²) in [4.78, 5) is 8.54. The van der Waals surface area contributed by atoms with Crippen LogP contribution in [0.25, 0.3) is 0 Å². The van der Waals surface area contributed by atoms with E-state index in [-0.39, 0.29) is 0 Å². The van der Waals surface area contributed by atoms with Crippen LogP contribution in [0.5, 0.6) is 5.75 Å². The Labute approximate surface area is 166 Å². The lowest BCUT2D eigenvalue weighted by Gasteiger charge is -2.13. The van der Waals surface area contributed by atoms with E-state index in [1.165, 1.54) is 24.7 Å². The molecule has 0 unspecified atom stereocenters. The van der Waals surface area contributed by atoms with Crippen molar-refractivity contribution in [1.82, 2.24) is 9.97 Å².